The summed E-state index contributed by atoms with van der Waals surface area (Å²) in [6.45, 7) is 2.44. The van der Waals surface area contributed by atoms with E-state index < -0.39 is 5.97 Å². The van der Waals surface area contributed by atoms with Crippen molar-refractivity contribution in [1.29, 1.82) is 0 Å². The number of aryl methyl sites for hydroxylation is 1. The van der Waals surface area contributed by atoms with E-state index in [1.165, 1.54) is 7.11 Å². The van der Waals surface area contributed by atoms with Crippen molar-refractivity contribution in [1.82, 2.24) is 9.55 Å². The quantitative estimate of drug-likeness (QED) is 0.430. The fraction of sp³-hybridized carbons (Fsp3) is 0.136. The Kier molecular flexibility index (Phi) is 3.22. The second kappa shape index (κ2) is 5.51. The smallest absolute Gasteiger partial charge is 0.340 e. The lowest BCUT2D eigenvalue weighted by molar-refractivity contribution is 0.0603. The fourth-order valence-corrected chi connectivity index (χ4v) is 4.07. The van der Waals surface area contributed by atoms with E-state index in [-0.39, 0.29) is 5.56 Å². The molecule has 0 radical (unpaired) electrons. The highest BCUT2D eigenvalue weighted by Crippen LogP contribution is 2.38. The maximum atomic E-state index is 13.1. The number of esters is 1. The van der Waals surface area contributed by atoms with Crippen LogP contribution in [0.2, 0.25) is 0 Å². The number of hydrogen-bond donors (Lipinski definition) is 0. The number of fused-ring (bicyclic) bond motifs is 5. The predicted octanol–water partition coefficient (Wildman–Crippen LogP) is 3.67. The third-order valence-electron chi connectivity index (χ3n) is 5.39. The highest BCUT2D eigenvalue weighted by molar-refractivity contribution is 6.10. The number of methoxy groups -OCH3 is 1. The summed E-state index contributed by atoms with van der Waals surface area (Å²) in [7, 11) is 1.36. The molecule has 1 aliphatic heterocycles. The molecule has 0 fully saturated rings. The van der Waals surface area contributed by atoms with Crippen molar-refractivity contribution >= 4 is 27.6 Å². The Morgan fingerprint density at radius 1 is 1.04 bits per heavy atom. The van der Waals surface area contributed by atoms with Gasteiger partial charge in [0.05, 0.1) is 36.1 Å². The van der Waals surface area contributed by atoms with Gasteiger partial charge in [-0.1, -0.05) is 36.4 Å². The average Bonchev–Trinajstić information content (AvgIpc) is 3.08. The van der Waals surface area contributed by atoms with Crippen LogP contribution < -0.4 is 5.56 Å². The van der Waals surface area contributed by atoms with E-state index in [9.17, 15) is 9.59 Å². The molecule has 0 spiro atoms. The third kappa shape index (κ3) is 2.02. The number of benzene rings is 2. The van der Waals surface area contributed by atoms with Gasteiger partial charge in [-0.2, -0.15) is 0 Å². The van der Waals surface area contributed by atoms with Gasteiger partial charge in [0.25, 0.3) is 5.56 Å². The molecule has 3 heterocycles. The van der Waals surface area contributed by atoms with Crippen LogP contribution in [0, 0.1) is 6.92 Å². The first-order chi connectivity index (χ1) is 13.1. The Morgan fingerprint density at radius 3 is 2.44 bits per heavy atom. The zero-order valence-electron chi connectivity index (χ0n) is 14.9. The lowest BCUT2D eigenvalue weighted by Crippen LogP contribution is -2.22. The van der Waals surface area contributed by atoms with Crippen LogP contribution in [0.25, 0.3) is 33.1 Å². The van der Waals surface area contributed by atoms with Crippen molar-refractivity contribution in [3.63, 3.8) is 0 Å². The summed E-state index contributed by atoms with van der Waals surface area (Å²) in [5, 5.41) is 2.17. The molecule has 4 aromatic rings. The average molecular weight is 356 g/mol. The van der Waals surface area contributed by atoms with Gasteiger partial charge in [-0.05, 0) is 24.6 Å². The van der Waals surface area contributed by atoms with Crippen molar-refractivity contribution in [2.45, 2.75) is 13.5 Å². The van der Waals surface area contributed by atoms with E-state index in [0.29, 0.717) is 34.3 Å². The number of para-hydroxylation sites is 1. The first-order valence-corrected chi connectivity index (χ1v) is 8.74. The van der Waals surface area contributed by atoms with Gasteiger partial charge in [-0.15, -0.1) is 0 Å². The summed E-state index contributed by atoms with van der Waals surface area (Å²) in [5.41, 5.74) is 4.43. The van der Waals surface area contributed by atoms with Crippen LogP contribution in [0.1, 0.15) is 21.5 Å². The summed E-state index contributed by atoms with van der Waals surface area (Å²) in [5.74, 6) is -0.463. The molecule has 0 N–H and O–H groups in total. The second-order valence-corrected chi connectivity index (χ2v) is 6.73. The van der Waals surface area contributed by atoms with Crippen LogP contribution in [-0.4, -0.2) is 22.6 Å². The zero-order valence-corrected chi connectivity index (χ0v) is 14.9. The number of ether oxygens (including phenoxy) is 1. The van der Waals surface area contributed by atoms with E-state index >= 15 is 0 Å². The van der Waals surface area contributed by atoms with Gasteiger partial charge in [-0.25, -0.2) is 9.78 Å². The minimum Gasteiger partial charge on any atom is -0.465 e. The van der Waals surface area contributed by atoms with E-state index in [1.54, 1.807) is 22.8 Å². The van der Waals surface area contributed by atoms with Gasteiger partial charge in [-0.3, -0.25) is 4.79 Å². The van der Waals surface area contributed by atoms with E-state index in [4.69, 9.17) is 9.72 Å². The molecular weight excluding hydrogens is 340 g/mol. The molecule has 0 saturated carbocycles. The molecule has 0 atom stereocenters. The van der Waals surface area contributed by atoms with E-state index in [2.05, 4.69) is 0 Å². The van der Waals surface area contributed by atoms with Gasteiger partial charge in [0, 0.05) is 21.7 Å². The fourth-order valence-electron chi connectivity index (χ4n) is 4.07. The molecule has 27 heavy (non-hydrogen) atoms. The predicted molar refractivity (Wildman–Crippen MR) is 104 cm³/mol. The van der Waals surface area contributed by atoms with Crippen molar-refractivity contribution in [3.8, 4) is 11.4 Å². The molecule has 2 aromatic carbocycles. The molecule has 0 bridgehead atoms. The molecule has 1 aliphatic rings. The summed E-state index contributed by atoms with van der Waals surface area (Å²) in [6, 6.07) is 15.0. The number of aromatic nitrogens is 2. The van der Waals surface area contributed by atoms with Gasteiger partial charge in [0.1, 0.15) is 0 Å². The second-order valence-electron chi connectivity index (χ2n) is 6.73. The molecule has 5 heteroatoms. The largest absolute Gasteiger partial charge is 0.465 e. The van der Waals surface area contributed by atoms with Crippen molar-refractivity contribution < 1.29 is 9.53 Å². The number of nitrogens with zero attached hydrogens (tertiary/aromatic N) is 2. The van der Waals surface area contributed by atoms with Gasteiger partial charge < -0.3 is 9.30 Å². The highest BCUT2D eigenvalue weighted by atomic mass is 16.5. The van der Waals surface area contributed by atoms with Gasteiger partial charge in [0.15, 0.2) is 0 Å². The summed E-state index contributed by atoms with van der Waals surface area (Å²) >= 11 is 0. The van der Waals surface area contributed by atoms with E-state index in [1.807, 2.05) is 37.3 Å². The van der Waals surface area contributed by atoms with Crippen molar-refractivity contribution in [2.24, 2.45) is 0 Å². The van der Waals surface area contributed by atoms with E-state index in [0.717, 1.165) is 22.0 Å². The van der Waals surface area contributed by atoms with Crippen LogP contribution in [0.3, 0.4) is 0 Å². The normalized spacial score (nSPS) is 12.2. The number of pyridine rings is 2. The lowest BCUT2D eigenvalue weighted by Gasteiger charge is -2.12. The van der Waals surface area contributed by atoms with Crippen LogP contribution in [0.5, 0.6) is 0 Å². The zero-order chi connectivity index (χ0) is 18.7. The molecule has 132 valence electrons. The Morgan fingerprint density at radius 2 is 1.70 bits per heavy atom. The Bertz CT molecular complexity index is 1340. The Balaban J connectivity index is 1.99. The minimum atomic E-state index is -0.463. The van der Waals surface area contributed by atoms with Gasteiger partial charge in [0.2, 0.25) is 0 Å². The Hall–Kier alpha value is -3.47. The third-order valence-corrected chi connectivity index (χ3v) is 5.39. The molecular formula is C22H16N2O3. The maximum Gasteiger partial charge on any atom is 0.340 e. The van der Waals surface area contributed by atoms with Crippen molar-refractivity contribution in [2.75, 3.05) is 7.11 Å². The number of carbonyl (C=O) groups excluding carboxylic acids is 1. The first kappa shape index (κ1) is 15.8. The SMILES string of the molecule is COC(=O)c1c2n(c(=O)c3ccccc13)Cc1c-2nc2ccccc2c1C. The number of rotatable bonds is 1. The number of carbonyl (C=O) groups is 1. The standard InChI is InChI=1S/C22H16N2O3/c1-12-13-7-5-6-10-17(13)23-19-16(12)11-24-20(19)18(22(26)27-2)14-8-3-4-9-15(14)21(24)25/h3-10H,11H2,1-2H3. The summed E-state index contributed by atoms with van der Waals surface area (Å²) in [4.78, 5) is 30.6. The van der Waals surface area contributed by atoms with Crippen LogP contribution in [0.15, 0.2) is 53.3 Å². The number of hydrogen-bond acceptors (Lipinski definition) is 4. The maximum absolute atomic E-state index is 13.1. The monoisotopic (exact) mass is 356 g/mol. The highest BCUT2D eigenvalue weighted by Gasteiger charge is 2.31. The molecule has 2 aromatic heterocycles. The first-order valence-electron chi connectivity index (χ1n) is 8.74. The lowest BCUT2D eigenvalue weighted by atomic mass is 9.99. The minimum absolute atomic E-state index is 0.116. The molecule has 0 unspecified atom stereocenters. The molecule has 0 aliphatic carbocycles. The van der Waals surface area contributed by atoms with Crippen molar-refractivity contribution in [3.05, 3.63) is 75.6 Å². The molecule has 5 nitrogen and oxygen atoms in total. The Labute approximate surface area is 154 Å². The van der Waals surface area contributed by atoms with Crippen LogP contribution >= 0.6 is 0 Å². The molecule has 0 amide bonds. The topological polar surface area (TPSA) is 61.2 Å². The molecule has 5 rings (SSSR count). The van der Waals surface area contributed by atoms with Gasteiger partial charge >= 0.3 is 5.97 Å². The summed E-state index contributed by atoms with van der Waals surface area (Å²) in [6.07, 6.45) is 0. The molecule has 0 saturated heterocycles. The van der Waals surface area contributed by atoms with Crippen LogP contribution in [-0.2, 0) is 11.3 Å². The van der Waals surface area contributed by atoms with Crippen LogP contribution in [0.4, 0.5) is 0 Å². The summed E-state index contributed by atoms with van der Waals surface area (Å²) < 4.78 is 6.71.